The van der Waals surface area contributed by atoms with E-state index < -0.39 is 0 Å². The maximum Gasteiger partial charge on any atom is 0.260 e. The lowest BCUT2D eigenvalue weighted by Gasteiger charge is -1.95. The molecule has 0 spiro atoms. The molecule has 3 aromatic rings. The van der Waals surface area contributed by atoms with Crippen LogP contribution in [0.3, 0.4) is 0 Å². The van der Waals surface area contributed by atoms with Crippen molar-refractivity contribution in [2.75, 3.05) is 0 Å². The molecule has 0 saturated heterocycles. The van der Waals surface area contributed by atoms with Crippen molar-refractivity contribution in [3.8, 4) is 0 Å². The molecule has 0 amide bonds. The van der Waals surface area contributed by atoms with E-state index in [2.05, 4.69) is 15.0 Å². The smallest absolute Gasteiger partial charge is 0.260 e. The van der Waals surface area contributed by atoms with Crippen molar-refractivity contribution >= 4 is 31.6 Å². The Morgan fingerprint density at radius 2 is 2.38 bits per heavy atom. The zero-order chi connectivity index (χ0) is 11.1. The molecular weight excluding hydrogens is 222 g/mol. The fraction of sp³-hybridized carbons (Fsp3) is 0.182. The van der Waals surface area contributed by atoms with Gasteiger partial charge in [-0.25, -0.2) is 4.98 Å². The zero-order valence-corrected chi connectivity index (χ0v) is 9.47. The van der Waals surface area contributed by atoms with Crippen LogP contribution in [0, 0.1) is 0 Å². The summed E-state index contributed by atoms with van der Waals surface area (Å²) in [4.78, 5) is 24.0. The van der Waals surface area contributed by atoms with E-state index in [-0.39, 0.29) is 5.56 Å². The highest BCUT2D eigenvalue weighted by Crippen LogP contribution is 2.29. The van der Waals surface area contributed by atoms with Gasteiger partial charge in [-0.2, -0.15) is 0 Å². The Labute approximate surface area is 95.0 Å². The maximum absolute atomic E-state index is 11.9. The molecule has 0 aromatic carbocycles. The highest BCUT2D eigenvalue weighted by atomic mass is 32.1. The topological polar surface area (TPSA) is 58.6 Å². The van der Waals surface area contributed by atoms with Crippen molar-refractivity contribution in [1.82, 2.24) is 15.0 Å². The summed E-state index contributed by atoms with van der Waals surface area (Å²) in [5.74, 6) is 0.733. The van der Waals surface area contributed by atoms with Crippen LogP contribution in [0.2, 0.25) is 0 Å². The van der Waals surface area contributed by atoms with E-state index in [1.54, 1.807) is 12.4 Å². The maximum atomic E-state index is 11.9. The van der Waals surface area contributed by atoms with Crippen LogP contribution in [0.1, 0.15) is 12.7 Å². The summed E-state index contributed by atoms with van der Waals surface area (Å²) in [7, 11) is 0. The van der Waals surface area contributed by atoms with Crippen molar-refractivity contribution in [1.29, 1.82) is 0 Å². The molecule has 4 nitrogen and oxygen atoms in total. The molecular formula is C11H9N3OS. The minimum Gasteiger partial charge on any atom is -0.310 e. The van der Waals surface area contributed by atoms with E-state index >= 15 is 0 Å². The van der Waals surface area contributed by atoms with Crippen LogP contribution in [-0.4, -0.2) is 15.0 Å². The largest absolute Gasteiger partial charge is 0.310 e. The van der Waals surface area contributed by atoms with Gasteiger partial charge in [-0.15, -0.1) is 11.3 Å². The normalized spacial score (nSPS) is 11.3. The van der Waals surface area contributed by atoms with Crippen LogP contribution in [-0.2, 0) is 6.42 Å². The molecule has 0 saturated carbocycles. The molecule has 0 aliphatic heterocycles. The molecule has 3 aromatic heterocycles. The monoisotopic (exact) mass is 231 g/mol. The molecule has 0 aliphatic carbocycles. The van der Waals surface area contributed by atoms with Gasteiger partial charge in [-0.05, 0) is 6.07 Å². The second-order valence-electron chi connectivity index (χ2n) is 3.52. The molecule has 3 rings (SSSR count). The molecule has 1 N–H and O–H groups in total. The minimum atomic E-state index is -0.0562. The van der Waals surface area contributed by atoms with Gasteiger partial charge in [0.15, 0.2) is 0 Å². The van der Waals surface area contributed by atoms with Crippen LogP contribution >= 0.6 is 11.3 Å². The Morgan fingerprint density at radius 3 is 3.19 bits per heavy atom. The number of rotatable bonds is 1. The first-order valence-electron chi connectivity index (χ1n) is 5.05. The summed E-state index contributed by atoms with van der Waals surface area (Å²) in [5, 5.41) is 1.62. The molecule has 0 fully saturated rings. The molecule has 0 unspecified atom stereocenters. The average molecular weight is 231 g/mol. The predicted octanol–water partition coefficient (Wildman–Crippen LogP) is 2.10. The molecule has 5 heteroatoms. The lowest BCUT2D eigenvalue weighted by Crippen LogP contribution is -2.09. The van der Waals surface area contributed by atoms with Gasteiger partial charge in [0.2, 0.25) is 0 Å². The number of aryl methyl sites for hydroxylation is 1. The van der Waals surface area contributed by atoms with Gasteiger partial charge in [0.05, 0.1) is 10.1 Å². The van der Waals surface area contributed by atoms with Gasteiger partial charge in [0.1, 0.15) is 10.7 Å². The summed E-state index contributed by atoms with van der Waals surface area (Å²) in [6, 6.07) is 1.86. The summed E-state index contributed by atoms with van der Waals surface area (Å²) in [5.41, 5.74) is -0.0562. The van der Waals surface area contributed by atoms with Crippen molar-refractivity contribution < 1.29 is 0 Å². The van der Waals surface area contributed by atoms with E-state index in [4.69, 9.17) is 0 Å². The van der Waals surface area contributed by atoms with Crippen molar-refractivity contribution in [3.63, 3.8) is 0 Å². The Balaban J connectivity index is 2.55. The summed E-state index contributed by atoms with van der Waals surface area (Å²) in [6.07, 6.45) is 4.20. The summed E-state index contributed by atoms with van der Waals surface area (Å²) in [6.45, 7) is 1.97. The van der Waals surface area contributed by atoms with Crippen molar-refractivity contribution in [2.24, 2.45) is 0 Å². The summed E-state index contributed by atoms with van der Waals surface area (Å²) >= 11 is 1.51. The molecule has 0 aliphatic rings. The lowest BCUT2D eigenvalue weighted by molar-refractivity contribution is 0.948. The van der Waals surface area contributed by atoms with E-state index in [9.17, 15) is 4.79 Å². The fourth-order valence-electron chi connectivity index (χ4n) is 1.75. The first-order chi connectivity index (χ1) is 7.79. The highest BCUT2D eigenvalue weighted by molar-refractivity contribution is 7.25. The highest BCUT2D eigenvalue weighted by Gasteiger charge is 2.10. The standard InChI is InChI=1S/C11H9N3OS/c1-2-8-13-10(15)9-6-3-4-12-5-7(6)16-11(9)14-8/h3-5H,2H2,1H3,(H,13,14,15). The van der Waals surface area contributed by atoms with E-state index in [0.717, 1.165) is 27.2 Å². The molecule has 80 valence electrons. The van der Waals surface area contributed by atoms with Gasteiger partial charge in [0, 0.05) is 24.2 Å². The van der Waals surface area contributed by atoms with Gasteiger partial charge >= 0.3 is 0 Å². The number of pyridine rings is 1. The van der Waals surface area contributed by atoms with Crippen molar-refractivity contribution in [3.05, 3.63) is 34.6 Å². The third kappa shape index (κ3) is 1.25. The Kier molecular flexibility index (Phi) is 2.00. The summed E-state index contributed by atoms with van der Waals surface area (Å²) < 4.78 is 1.00. The van der Waals surface area contributed by atoms with Crippen LogP contribution in [0.5, 0.6) is 0 Å². The second kappa shape index (κ2) is 3.38. The van der Waals surface area contributed by atoms with Crippen molar-refractivity contribution in [2.45, 2.75) is 13.3 Å². The third-order valence-corrected chi connectivity index (χ3v) is 3.56. The van der Waals surface area contributed by atoms with E-state index in [1.807, 2.05) is 13.0 Å². The lowest BCUT2D eigenvalue weighted by atomic mass is 10.2. The van der Waals surface area contributed by atoms with Crippen LogP contribution in [0.25, 0.3) is 20.3 Å². The number of hydrogen-bond donors (Lipinski definition) is 1. The van der Waals surface area contributed by atoms with E-state index in [0.29, 0.717) is 5.39 Å². The Bertz CT molecular complexity index is 729. The van der Waals surface area contributed by atoms with Crippen LogP contribution in [0.15, 0.2) is 23.3 Å². The Hall–Kier alpha value is -1.75. The first-order valence-corrected chi connectivity index (χ1v) is 5.86. The predicted molar refractivity (Wildman–Crippen MR) is 64.9 cm³/mol. The van der Waals surface area contributed by atoms with Gasteiger partial charge < -0.3 is 4.98 Å². The number of hydrogen-bond acceptors (Lipinski definition) is 4. The van der Waals surface area contributed by atoms with Gasteiger partial charge in [0.25, 0.3) is 5.56 Å². The van der Waals surface area contributed by atoms with Crippen LogP contribution in [0.4, 0.5) is 0 Å². The minimum absolute atomic E-state index is 0.0562. The number of aromatic nitrogens is 3. The number of thiophene rings is 1. The second-order valence-corrected chi connectivity index (χ2v) is 4.55. The molecule has 3 heterocycles. The van der Waals surface area contributed by atoms with Gasteiger partial charge in [-0.1, -0.05) is 6.92 Å². The molecule has 16 heavy (non-hydrogen) atoms. The van der Waals surface area contributed by atoms with Crippen LogP contribution < -0.4 is 5.56 Å². The SMILES string of the molecule is CCc1nc2sc3cnccc3c2c(=O)[nH]1. The molecule has 0 radical (unpaired) electrons. The third-order valence-electron chi connectivity index (χ3n) is 2.53. The van der Waals surface area contributed by atoms with E-state index in [1.165, 1.54) is 11.3 Å². The number of nitrogens with one attached hydrogen (secondary N) is 1. The Morgan fingerprint density at radius 1 is 1.50 bits per heavy atom. The zero-order valence-electron chi connectivity index (χ0n) is 8.65. The van der Waals surface area contributed by atoms with Gasteiger partial charge in [-0.3, -0.25) is 9.78 Å². The quantitative estimate of drug-likeness (QED) is 0.697. The molecule has 0 atom stereocenters. The molecule has 0 bridgehead atoms. The fourth-order valence-corrected chi connectivity index (χ4v) is 2.81. The first kappa shape index (κ1) is 9.47. The number of nitrogens with zero attached hydrogens (tertiary/aromatic N) is 2. The number of fused-ring (bicyclic) bond motifs is 3. The number of aromatic amines is 1. The number of H-pyrrole nitrogens is 1. The average Bonchev–Trinajstić information content (AvgIpc) is 2.67.